The van der Waals surface area contributed by atoms with E-state index in [4.69, 9.17) is 0 Å². The summed E-state index contributed by atoms with van der Waals surface area (Å²) in [5, 5.41) is 0. The second-order valence-electron chi connectivity index (χ2n) is 1.98. The van der Waals surface area contributed by atoms with Crippen LogP contribution in [-0.2, 0) is 32.0 Å². The minimum absolute atomic E-state index is 0. The van der Waals surface area contributed by atoms with Crippen LogP contribution in [0.4, 0.5) is 0 Å². The maximum absolute atomic E-state index is 10.8. The van der Waals surface area contributed by atoms with E-state index in [1.807, 2.05) is 0 Å². The monoisotopic (exact) mass is 389 g/mol. The molecule has 3 nitrogen and oxygen atoms in total. The van der Waals surface area contributed by atoms with Crippen LogP contribution in [0.3, 0.4) is 0 Å². The van der Waals surface area contributed by atoms with Gasteiger partial charge >= 0.3 is 60.6 Å². The summed E-state index contributed by atoms with van der Waals surface area (Å²) >= 11 is 2.64. The van der Waals surface area contributed by atoms with Gasteiger partial charge in [0.1, 0.15) is 0 Å². The van der Waals surface area contributed by atoms with Crippen molar-refractivity contribution in [1.29, 1.82) is 0 Å². The van der Waals surface area contributed by atoms with Crippen LogP contribution in [0, 0.1) is 0 Å². The predicted molar refractivity (Wildman–Crippen MR) is 31.9 cm³/mol. The van der Waals surface area contributed by atoms with E-state index in [0.29, 0.717) is 6.42 Å². The quantitative estimate of drug-likeness (QED) is 0.408. The average Bonchev–Trinajstić information content (AvgIpc) is 1.98. The van der Waals surface area contributed by atoms with Crippen molar-refractivity contribution in [3.8, 4) is 0 Å². The number of carbonyl (C=O) groups is 2. The van der Waals surface area contributed by atoms with Gasteiger partial charge in [-0.3, -0.25) is 0 Å². The van der Waals surface area contributed by atoms with Gasteiger partial charge in [-0.2, -0.15) is 0 Å². The third kappa shape index (κ3) is 1.71. The van der Waals surface area contributed by atoms with E-state index in [9.17, 15) is 9.59 Å². The van der Waals surface area contributed by atoms with E-state index in [1.165, 1.54) is 7.05 Å². The molecule has 2 amide bonds. The fourth-order valence-corrected chi connectivity index (χ4v) is 1.35. The number of carbonyl (C=O) groups excluding carboxylic acids is 2. The molecule has 0 N–H and O–H groups in total. The van der Waals surface area contributed by atoms with Crippen molar-refractivity contribution in [1.82, 2.24) is 4.90 Å². The van der Waals surface area contributed by atoms with Gasteiger partial charge in [-0.15, -0.1) is 0 Å². The summed E-state index contributed by atoms with van der Waals surface area (Å²) < 4.78 is 0. The van der Waals surface area contributed by atoms with Crippen LogP contribution in [0.5, 0.6) is 0 Å². The van der Waals surface area contributed by atoms with Crippen LogP contribution in [0.25, 0.3) is 0 Å². The number of likely N-dealkylation sites (tertiary alicyclic amines) is 1. The zero-order valence-electron chi connectivity index (χ0n) is 5.26. The van der Waals surface area contributed by atoms with Gasteiger partial charge in [-0.25, -0.2) is 0 Å². The second kappa shape index (κ2) is 3.69. The van der Waals surface area contributed by atoms with Crippen LogP contribution in [0.2, 0.25) is 4.82 Å². The van der Waals surface area contributed by atoms with Crippen molar-refractivity contribution in [2.45, 2.75) is 11.2 Å². The molecule has 1 unspecified atom stereocenters. The molecule has 1 fully saturated rings. The maximum Gasteiger partial charge on any atom is 0 e. The van der Waals surface area contributed by atoms with Crippen molar-refractivity contribution in [2.75, 3.05) is 7.05 Å². The normalized spacial score (nSPS) is 25.0. The molecular formula is C5H6AuNO2Se. The first kappa shape index (κ1) is 10.4. The third-order valence-corrected chi connectivity index (χ3v) is 2.11. The number of amides is 2. The molecule has 5 heteroatoms. The molecule has 1 aliphatic rings. The van der Waals surface area contributed by atoms with E-state index < -0.39 is 0 Å². The first-order chi connectivity index (χ1) is 4.13. The number of imide groups is 1. The maximum atomic E-state index is 10.8. The Balaban J connectivity index is 0.000000810. The minimum Gasteiger partial charge on any atom is 0 e. The van der Waals surface area contributed by atoms with Crippen molar-refractivity contribution < 1.29 is 32.0 Å². The summed E-state index contributed by atoms with van der Waals surface area (Å²) in [7, 11) is 1.50. The van der Waals surface area contributed by atoms with Crippen LogP contribution < -0.4 is 0 Å². The summed E-state index contributed by atoms with van der Waals surface area (Å²) in [5.41, 5.74) is 0. The standard InChI is InChI=1S/C5H6NO2Se.Au/c1-6-4(7)2-3(9)5(6)8;/h3H,2H2,1H3;. The fourth-order valence-electron chi connectivity index (χ4n) is 0.722. The molecule has 0 aromatic heterocycles. The molecule has 10 heavy (non-hydrogen) atoms. The second-order valence-corrected chi connectivity index (χ2v) is 3.18. The van der Waals surface area contributed by atoms with Gasteiger partial charge in [0.2, 0.25) is 0 Å². The van der Waals surface area contributed by atoms with E-state index in [2.05, 4.69) is 16.0 Å². The Morgan fingerprint density at radius 2 is 2.10 bits per heavy atom. The van der Waals surface area contributed by atoms with Crippen LogP contribution >= 0.6 is 0 Å². The third-order valence-electron chi connectivity index (χ3n) is 1.34. The molecule has 0 aromatic rings. The smallest absolute Gasteiger partial charge is 0 e. The zero-order chi connectivity index (χ0) is 7.02. The Labute approximate surface area is 82.8 Å². The van der Waals surface area contributed by atoms with Gasteiger partial charge in [0.15, 0.2) is 0 Å². The van der Waals surface area contributed by atoms with Gasteiger partial charge in [0.05, 0.1) is 0 Å². The molecular weight excluding hydrogens is 382 g/mol. The zero-order valence-corrected chi connectivity index (χ0v) is 9.14. The summed E-state index contributed by atoms with van der Waals surface area (Å²) in [6, 6.07) is 0. The molecule has 60 valence electrons. The minimum atomic E-state index is -0.220. The average molecular weight is 388 g/mol. The number of hydrogen-bond acceptors (Lipinski definition) is 2. The Hall–Kier alpha value is 0.400. The van der Waals surface area contributed by atoms with Crippen LogP contribution in [0.15, 0.2) is 0 Å². The summed E-state index contributed by atoms with van der Waals surface area (Å²) in [5.74, 6) is -0.205. The molecule has 2 radical (unpaired) electrons. The Morgan fingerprint density at radius 1 is 1.60 bits per heavy atom. The first-order valence-electron chi connectivity index (χ1n) is 2.59. The Morgan fingerprint density at radius 3 is 2.20 bits per heavy atom. The number of rotatable bonds is 0. The Kier molecular flexibility index (Phi) is 3.84. The van der Waals surface area contributed by atoms with Crippen molar-refractivity contribution in [2.24, 2.45) is 0 Å². The summed E-state index contributed by atoms with van der Waals surface area (Å²) in [4.78, 5) is 22.4. The molecule has 0 aromatic carbocycles. The van der Waals surface area contributed by atoms with E-state index in [1.54, 1.807) is 0 Å². The molecule has 1 heterocycles. The van der Waals surface area contributed by atoms with Crippen molar-refractivity contribution >= 4 is 27.8 Å². The van der Waals surface area contributed by atoms with Gasteiger partial charge in [-0.05, 0) is 0 Å². The van der Waals surface area contributed by atoms with E-state index >= 15 is 0 Å². The molecule has 1 rings (SSSR count). The number of hydrogen-bond donors (Lipinski definition) is 0. The molecule has 1 aliphatic heterocycles. The molecule has 0 bridgehead atoms. The Bertz CT molecular complexity index is 173. The van der Waals surface area contributed by atoms with Gasteiger partial charge < -0.3 is 0 Å². The topological polar surface area (TPSA) is 37.4 Å². The fraction of sp³-hybridized carbons (Fsp3) is 0.600. The number of nitrogens with zero attached hydrogens (tertiary/aromatic N) is 1. The largest absolute Gasteiger partial charge is 0 e. The van der Waals surface area contributed by atoms with Gasteiger partial charge in [0.25, 0.3) is 0 Å². The van der Waals surface area contributed by atoms with Crippen molar-refractivity contribution in [3.63, 3.8) is 0 Å². The molecule has 0 spiro atoms. The molecule has 1 atom stereocenters. The van der Waals surface area contributed by atoms with Crippen LogP contribution in [-0.4, -0.2) is 39.8 Å². The SMILES string of the molecule is CN1C(=O)CC([Se])C1=O.[Au]. The molecule has 1 saturated heterocycles. The predicted octanol–water partition coefficient (Wildman–Crippen LogP) is -0.670. The summed E-state index contributed by atoms with van der Waals surface area (Å²) in [6.07, 6.45) is 0.329. The summed E-state index contributed by atoms with van der Waals surface area (Å²) in [6.45, 7) is 0. The molecule has 0 aliphatic carbocycles. The van der Waals surface area contributed by atoms with E-state index in [-0.39, 0.29) is 39.0 Å². The van der Waals surface area contributed by atoms with Crippen LogP contribution in [0.1, 0.15) is 6.42 Å². The van der Waals surface area contributed by atoms with Gasteiger partial charge in [-0.1, -0.05) is 0 Å². The van der Waals surface area contributed by atoms with E-state index in [0.717, 1.165) is 4.90 Å². The van der Waals surface area contributed by atoms with Gasteiger partial charge in [0, 0.05) is 22.4 Å². The van der Waals surface area contributed by atoms with Crippen molar-refractivity contribution in [3.05, 3.63) is 0 Å². The first-order valence-corrected chi connectivity index (χ1v) is 3.58. The molecule has 0 saturated carbocycles.